The zero-order valence-corrected chi connectivity index (χ0v) is 13.2. The van der Waals surface area contributed by atoms with Crippen molar-refractivity contribution in [3.05, 3.63) is 46.1 Å². The molecule has 0 radical (unpaired) electrons. The lowest BCUT2D eigenvalue weighted by atomic mass is 10.1. The largest absolute Gasteiger partial charge is 0.384 e. The number of methoxy groups -OCH3 is 1. The predicted octanol–water partition coefficient (Wildman–Crippen LogP) is 3.17. The van der Waals surface area contributed by atoms with Crippen molar-refractivity contribution in [2.24, 2.45) is 0 Å². The number of hydrogen-bond acceptors (Lipinski definition) is 6. The van der Waals surface area contributed by atoms with Crippen LogP contribution in [0.5, 0.6) is 0 Å². The minimum Gasteiger partial charge on any atom is -0.384 e. The van der Waals surface area contributed by atoms with E-state index in [1.54, 1.807) is 13.3 Å². The van der Waals surface area contributed by atoms with E-state index in [2.05, 4.69) is 15.1 Å². The van der Waals surface area contributed by atoms with Crippen molar-refractivity contribution in [2.75, 3.05) is 25.6 Å². The third-order valence-electron chi connectivity index (χ3n) is 3.49. The highest BCUT2D eigenvalue weighted by Gasteiger charge is 2.05. The molecular formula is C16H21N3O4. The summed E-state index contributed by atoms with van der Waals surface area (Å²) in [6.07, 6.45) is 4.26. The van der Waals surface area contributed by atoms with Crippen LogP contribution in [0, 0.1) is 10.1 Å². The zero-order valence-electron chi connectivity index (χ0n) is 13.2. The molecule has 1 heterocycles. The van der Waals surface area contributed by atoms with Crippen molar-refractivity contribution in [1.82, 2.24) is 4.98 Å². The molecule has 0 saturated heterocycles. The summed E-state index contributed by atoms with van der Waals surface area (Å²) in [5.74, 6) is 0. The quantitative estimate of drug-likeness (QED) is 0.411. The molecule has 0 saturated carbocycles. The standard InChI is InChI=1S/C16H21N3O4/c1-22-12-13-6-5-7-14-15(8-10-18-16(13)14)17-9-3-2-4-11-23-19(20)21/h5-8,10H,2-4,9,11-12H2,1H3,(H,17,18). The van der Waals surface area contributed by atoms with Gasteiger partial charge in [0.2, 0.25) is 0 Å². The molecule has 0 fully saturated rings. The van der Waals surface area contributed by atoms with Gasteiger partial charge in [-0.3, -0.25) is 4.98 Å². The van der Waals surface area contributed by atoms with Crippen molar-refractivity contribution in [1.29, 1.82) is 0 Å². The molecule has 23 heavy (non-hydrogen) atoms. The highest BCUT2D eigenvalue weighted by atomic mass is 16.9. The molecule has 0 aliphatic rings. The van der Waals surface area contributed by atoms with Crippen LogP contribution >= 0.6 is 0 Å². The van der Waals surface area contributed by atoms with Crippen LogP contribution < -0.4 is 5.32 Å². The number of nitrogens with one attached hydrogen (secondary N) is 1. The van der Waals surface area contributed by atoms with E-state index in [0.717, 1.165) is 41.5 Å². The Bertz CT molecular complexity index is 648. The summed E-state index contributed by atoms with van der Waals surface area (Å²) in [4.78, 5) is 18.8. The first-order chi connectivity index (χ1) is 11.2. The first-order valence-corrected chi connectivity index (χ1v) is 7.59. The highest BCUT2D eigenvalue weighted by molar-refractivity contribution is 5.92. The fourth-order valence-corrected chi connectivity index (χ4v) is 2.43. The van der Waals surface area contributed by atoms with E-state index in [0.29, 0.717) is 13.0 Å². The van der Waals surface area contributed by atoms with E-state index in [1.807, 2.05) is 24.3 Å². The van der Waals surface area contributed by atoms with Crippen molar-refractivity contribution in [3.8, 4) is 0 Å². The summed E-state index contributed by atoms with van der Waals surface area (Å²) in [5, 5.41) is 13.7. The van der Waals surface area contributed by atoms with E-state index in [4.69, 9.17) is 4.74 Å². The monoisotopic (exact) mass is 319 g/mol. The molecule has 0 aliphatic heterocycles. The molecule has 0 spiro atoms. The number of pyridine rings is 1. The molecule has 2 aromatic rings. The molecule has 0 atom stereocenters. The average molecular weight is 319 g/mol. The van der Waals surface area contributed by atoms with Gasteiger partial charge in [-0.05, 0) is 25.3 Å². The first kappa shape index (κ1) is 17.0. The van der Waals surface area contributed by atoms with Gasteiger partial charge < -0.3 is 14.9 Å². The van der Waals surface area contributed by atoms with Gasteiger partial charge in [-0.1, -0.05) is 18.2 Å². The number of aromatic nitrogens is 1. The fourth-order valence-electron chi connectivity index (χ4n) is 2.43. The minimum atomic E-state index is -0.751. The Hall–Kier alpha value is -2.41. The van der Waals surface area contributed by atoms with E-state index < -0.39 is 5.09 Å². The number of para-hydroxylation sites is 1. The number of hydrogen-bond donors (Lipinski definition) is 1. The summed E-state index contributed by atoms with van der Waals surface area (Å²) in [6, 6.07) is 8.00. The zero-order chi connectivity index (χ0) is 16.5. The Labute approximate surface area is 134 Å². The van der Waals surface area contributed by atoms with Gasteiger partial charge in [-0.15, -0.1) is 10.1 Å². The maximum atomic E-state index is 10.0. The molecule has 1 aromatic carbocycles. The lowest BCUT2D eigenvalue weighted by Gasteiger charge is -2.11. The first-order valence-electron chi connectivity index (χ1n) is 7.59. The van der Waals surface area contributed by atoms with E-state index in [1.165, 1.54) is 0 Å². The van der Waals surface area contributed by atoms with E-state index in [-0.39, 0.29) is 6.61 Å². The SMILES string of the molecule is COCc1cccc2c(NCCCCCO[N+](=O)[O-])ccnc12. The highest BCUT2D eigenvalue weighted by Crippen LogP contribution is 2.24. The van der Waals surface area contributed by atoms with Gasteiger partial charge in [0, 0.05) is 36.5 Å². The summed E-state index contributed by atoms with van der Waals surface area (Å²) in [6.45, 7) is 1.49. The van der Waals surface area contributed by atoms with Crippen molar-refractivity contribution >= 4 is 16.6 Å². The van der Waals surface area contributed by atoms with Crippen LogP contribution in [0.4, 0.5) is 5.69 Å². The summed E-state index contributed by atoms with van der Waals surface area (Å²) >= 11 is 0. The molecule has 1 aromatic heterocycles. The van der Waals surface area contributed by atoms with Gasteiger partial charge in [0.05, 0.1) is 18.7 Å². The van der Waals surface area contributed by atoms with Crippen LogP contribution in [0.3, 0.4) is 0 Å². The number of unbranched alkanes of at least 4 members (excludes halogenated alkanes) is 2. The van der Waals surface area contributed by atoms with Crippen LogP contribution in [0.1, 0.15) is 24.8 Å². The van der Waals surface area contributed by atoms with Gasteiger partial charge in [0.15, 0.2) is 0 Å². The molecule has 7 heteroatoms. The molecule has 0 unspecified atom stereocenters. The summed E-state index contributed by atoms with van der Waals surface area (Å²) < 4.78 is 5.21. The Morgan fingerprint density at radius 2 is 2.13 bits per heavy atom. The van der Waals surface area contributed by atoms with E-state index >= 15 is 0 Å². The van der Waals surface area contributed by atoms with Crippen LogP contribution in [0.2, 0.25) is 0 Å². The molecule has 7 nitrogen and oxygen atoms in total. The molecule has 0 bridgehead atoms. The van der Waals surface area contributed by atoms with Crippen molar-refractivity contribution < 1.29 is 14.7 Å². The second-order valence-corrected chi connectivity index (χ2v) is 5.15. The Morgan fingerprint density at radius 3 is 2.91 bits per heavy atom. The molecule has 0 aliphatic carbocycles. The van der Waals surface area contributed by atoms with Gasteiger partial charge >= 0.3 is 0 Å². The Kier molecular flexibility index (Phi) is 6.56. The van der Waals surface area contributed by atoms with E-state index in [9.17, 15) is 10.1 Å². The van der Waals surface area contributed by atoms with Crippen LogP contribution in [0.15, 0.2) is 30.5 Å². The molecule has 124 valence electrons. The maximum absolute atomic E-state index is 10.0. The minimum absolute atomic E-state index is 0.158. The molecular weight excluding hydrogens is 298 g/mol. The van der Waals surface area contributed by atoms with Gasteiger partial charge in [0.1, 0.15) is 0 Å². The number of benzene rings is 1. The smallest absolute Gasteiger partial charge is 0.294 e. The number of nitrogens with zero attached hydrogens (tertiary/aromatic N) is 2. The lowest BCUT2D eigenvalue weighted by Crippen LogP contribution is -2.05. The third-order valence-corrected chi connectivity index (χ3v) is 3.49. The van der Waals surface area contributed by atoms with Crippen molar-refractivity contribution in [3.63, 3.8) is 0 Å². The van der Waals surface area contributed by atoms with Crippen LogP contribution in [-0.2, 0) is 16.2 Å². The third kappa shape index (κ3) is 5.07. The van der Waals surface area contributed by atoms with Gasteiger partial charge in [0.25, 0.3) is 5.09 Å². The van der Waals surface area contributed by atoms with Crippen LogP contribution in [0.25, 0.3) is 10.9 Å². The van der Waals surface area contributed by atoms with Crippen LogP contribution in [-0.4, -0.2) is 30.3 Å². The lowest BCUT2D eigenvalue weighted by molar-refractivity contribution is -0.757. The molecule has 2 rings (SSSR count). The summed E-state index contributed by atoms with van der Waals surface area (Å²) in [7, 11) is 1.67. The number of fused-ring (bicyclic) bond motifs is 1. The van der Waals surface area contributed by atoms with Gasteiger partial charge in [-0.25, -0.2) is 0 Å². The van der Waals surface area contributed by atoms with Gasteiger partial charge in [-0.2, -0.15) is 0 Å². The predicted molar refractivity (Wildman–Crippen MR) is 87.7 cm³/mol. The molecule has 0 amide bonds. The number of rotatable bonds is 10. The van der Waals surface area contributed by atoms with Crippen molar-refractivity contribution in [2.45, 2.75) is 25.9 Å². The molecule has 1 N–H and O–H groups in total. The number of ether oxygens (including phenoxy) is 1. The maximum Gasteiger partial charge on any atom is 0.294 e. The summed E-state index contributed by atoms with van der Waals surface area (Å²) in [5.41, 5.74) is 3.04. The average Bonchev–Trinajstić information content (AvgIpc) is 2.54. The topological polar surface area (TPSA) is 86.5 Å². The fraction of sp³-hybridized carbons (Fsp3) is 0.438. The normalized spacial score (nSPS) is 10.7. The second kappa shape index (κ2) is 8.89. The Morgan fingerprint density at radius 1 is 1.26 bits per heavy atom. The Balaban J connectivity index is 1.88. The number of anilines is 1. The second-order valence-electron chi connectivity index (χ2n) is 5.15.